The molecule has 0 aliphatic carbocycles. The van der Waals surface area contributed by atoms with E-state index >= 15 is 0 Å². The topological polar surface area (TPSA) is 58.1 Å². The van der Waals surface area contributed by atoms with E-state index in [4.69, 9.17) is 14.5 Å². The number of ether oxygens (including phenoxy) is 2. The molecular formula is C29H36N4O3. The van der Waals surface area contributed by atoms with Crippen LogP contribution in [-0.4, -0.2) is 75.4 Å². The van der Waals surface area contributed by atoms with Crippen molar-refractivity contribution in [1.29, 1.82) is 0 Å². The highest BCUT2D eigenvalue weighted by Gasteiger charge is 2.25. The molecule has 2 aromatic carbocycles. The van der Waals surface area contributed by atoms with Gasteiger partial charge in [-0.1, -0.05) is 18.2 Å². The Morgan fingerprint density at radius 3 is 2.56 bits per heavy atom. The van der Waals surface area contributed by atoms with Gasteiger partial charge in [0.15, 0.2) is 0 Å². The van der Waals surface area contributed by atoms with Crippen molar-refractivity contribution in [3.63, 3.8) is 0 Å². The highest BCUT2D eigenvalue weighted by molar-refractivity contribution is 5.95. The van der Waals surface area contributed by atoms with Crippen LogP contribution in [-0.2, 0) is 16.0 Å². The zero-order valence-electron chi connectivity index (χ0n) is 21.6. The van der Waals surface area contributed by atoms with Gasteiger partial charge in [-0.3, -0.25) is 4.79 Å². The lowest BCUT2D eigenvalue weighted by Gasteiger charge is -2.29. The fourth-order valence-electron chi connectivity index (χ4n) is 5.16. The molecule has 2 saturated heterocycles. The maximum atomic E-state index is 13.8. The van der Waals surface area contributed by atoms with Gasteiger partial charge in [0.25, 0.3) is 5.91 Å². The number of benzene rings is 2. The SMILES string of the molecule is Cc1cccc2cc(CN(CC3CCCO3)C(=O)c3ccc(N4CCOCC4)cc3)c(N(C)C)nc12. The molecule has 1 aromatic heterocycles. The molecule has 0 saturated carbocycles. The Hall–Kier alpha value is -3.16. The van der Waals surface area contributed by atoms with Crippen LogP contribution in [0.25, 0.3) is 10.9 Å². The lowest BCUT2D eigenvalue weighted by Crippen LogP contribution is -2.37. The van der Waals surface area contributed by atoms with Gasteiger partial charge in [-0.2, -0.15) is 0 Å². The maximum absolute atomic E-state index is 13.8. The van der Waals surface area contributed by atoms with Crippen molar-refractivity contribution in [3.8, 4) is 0 Å². The van der Waals surface area contributed by atoms with Gasteiger partial charge >= 0.3 is 0 Å². The van der Waals surface area contributed by atoms with Gasteiger partial charge in [0.1, 0.15) is 5.82 Å². The van der Waals surface area contributed by atoms with Crippen molar-refractivity contribution < 1.29 is 14.3 Å². The first-order valence-corrected chi connectivity index (χ1v) is 12.9. The van der Waals surface area contributed by atoms with E-state index in [0.29, 0.717) is 18.7 Å². The number of aromatic nitrogens is 1. The Labute approximate surface area is 213 Å². The van der Waals surface area contributed by atoms with Gasteiger partial charge in [-0.05, 0) is 55.7 Å². The van der Waals surface area contributed by atoms with E-state index in [1.807, 2.05) is 36.0 Å². The molecule has 2 fully saturated rings. The van der Waals surface area contributed by atoms with Crippen LogP contribution in [0, 0.1) is 6.92 Å². The number of amides is 1. The summed E-state index contributed by atoms with van der Waals surface area (Å²) in [5.41, 5.74) is 5.01. The van der Waals surface area contributed by atoms with E-state index in [1.54, 1.807) is 0 Å². The second-order valence-corrected chi connectivity index (χ2v) is 9.98. The molecule has 0 N–H and O–H groups in total. The van der Waals surface area contributed by atoms with Crippen molar-refractivity contribution in [2.24, 2.45) is 0 Å². The summed E-state index contributed by atoms with van der Waals surface area (Å²) in [4.78, 5) is 25.1. The average Bonchev–Trinajstić information content (AvgIpc) is 3.41. The monoisotopic (exact) mass is 488 g/mol. The third-order valence-electron chi connectivity index (χ3n) is 7.11. The fourth-order valence-corrected chi connectivity index (χ4v) is 5.16. The Kier molecular flexibility index (Phi) is 7.39. The molecule has 7 nitrogen and oxygen atoms in total. The zero-order chi connectivity index (χ0) is 25.1. The third kappa shape index (κ3) is 5.32. The molecule has 5 rings (SSSR count). The van der Waals surface area contributed by atoms with Crippen molar-refractivity contribution in [3.05, 3.63) is 65.2 Å². The molecule has 0 bridgehead atoms. The lowest BCUT2D eigenvalue weighted by molar-refractivity contribution is 0.0507. The molecule has 0 spiro atoms. The van der Waals surface area contributed by atoms with Crippen LogP contribution in [0.2, 0.25) is 0 Å². The van der Waals surface area contributed by atoms with Crippen LogP contribution in [0.15, 0.2) is 48.5 Å². The largest absolute Gasteiger partial charge is 0.378 e. The number of aryl methyl sites for hydroxylation is 1. The molecule has 2 aliphatic rings. The Balaban J connectivity index is 1.44. The van der Waals surface area contributed by atoms with E-state index < -0.39 is 0 Å². The summed E-state index contributed by atoms with van der Waals surface area (Å²) in [6, 6.07) is 16.4. The van der Waals surface area contributed by atoms with E-state index in [0.717, 1.165) is 79.3 Å². The minimum atomic E-state index is 0.0214. The first-order chi connectivity index (χ1) is 17.5. The predicted molar refractivity (Wildman–Crippen MR) is 144 cm³/mol. The first kappa shape index (κ1) is 24.5. The molecular weight excluding hydrogens is 452 g/mol. The Morgan fingerprint density at radius 2 is 1.86 bits per heavy atom. The maximum Gasteiger partial charge on any atom is 0.254 e. The number of fused-ring (bicyclic) bond motifs is 1. The second-order valence-electron chi connectivity index (χ2n) is 9.98. The molecule has 1 atom stereocenters. The number of hydrogen-bond acceptors (Lipinski definition) is 6. The normalized spacial score (nSPS) is 18.0. The van der Waals surface area contributed by atoms with Gasteiger partial charge in [-0.25, -0.2) is 4.98 Å². The van der Waals surface area contributed by atoms with Crippen molar-refractivity contribution in [2.45, 2.75) is 32.4 Å². The number of anilines is 2. The number of carbonyl (C=O) groups is 1. The highest BCUT2D eigenvalue weighted by atomic mass is 16.5. The summed E-state index contributed by atoms with van der Waals surface area (Å²) >= 11 is 0. The van der Waals surface area contributed by atoms with Crippen LogP contribution >= 0.6 is 0 Å². The van der Waals surface area contributed by atoms with E-state index in [1.165, 1.54) is 0 Å². The van der Waals surface area contributed by atoms with E-state index in [-0.39, 0.29) is 12.0 Å². The molecule has 1 unspecified atom stereocenters. The smallest absolute Gasteiger partial charge is 0.254 e. The number of para-hydroxylation sites is 1. The molecule has 7 heteroatoms. The Bertz CT molecular complexity index is 1200. The number of morpholine rings is 1. The number of rotatable bonds is 7. The highest BCUT2D eigenvalue weighted by Crippen LogP contribution is 2.27. The number of pyridine rings is 1. The molecule has 2 aliphatic heterocycles. The van der Waals surface area contributed by atoms with Crippen LogP contribution in [0.5, 0.6) is 0 Å². The fraction of sp³-hybridized carbons (Fsp3) is 0.448. The van der Waals surface area contributed by atoms with Crippen molar-refractivity contribution in [2.75, 3.05) is 63.4 Å². The minimum Gasteiger partial charge on any atom is -0.378 e. The summed E-state index contributed by atoms with van der Waals surface area (Å²) in [7, 11) is 4.01. The number of nitrogens with zero attached hydrogens (tertiary/aromatic N) is 4. The molecule has 0 radical (unpaired) electrons. The molecule has 36 heavy (non-hydrogen) atoms. The van der Waals surface area contributed by atoms with Crippen molar-refractivity contribution >= 4 is 28.3 Å². The van der Waals surface area contributed by atoms with E-state index in [9.17, 15) is 4.79 Å². The first-order valence-electron chi connectivity index (χ1n) is 12.9. The summed E-state index contributed by atoms with van der Waals surface area (Å²) < 4.78 is 11.4. The van der Waals surface area contributed by atoms with Gasteiger partial charge in [0.05, 0.1) is 24.8 Å². The van der Waals surface area contributed by atoms with Crippen LogP contribution in [0.3, 0.4) is 0 Å². The molecule has 3 heterocycles. The molecule has 3 aromatic rings. The summed E-state index contributed by atoms with van der Waals surface area (Å²) in [5, 5.41) is 1.09. The lowest BCUT2D eigenvalue weighted by atomic mass is 10.1. The quantitative estimate of drug-likeness (QED) is 0.495. The number of hydrogen-bond donors (Lipinski definition) is 0. The summed E-state index contributed by atoms with van der Waals surface area (Å²) in [6.07, 6.45) is 2.09. The van der Waals surface area contributed by atoms with Crippen LogP contribution in [0.1, 0.15) is 34.3 Å². The average molecular weight is 489 g/mol. The second kappa shape index (κ2) is 10.8. The molecule has 190 valence electrons. The summed E-state index contributed by atoms with van der Waals surface area (Å²) in [5.74, 6) is 0.915. The van der Waals surface area contributed by atoms with Crippen LogP contribution < -0.4 is 9.80 Å². The van der Waals surface area contributed by atoms with E-state index in [2.05, 4.69) is 48.2 Å². The Morgan fingerprint density at radius 1 is 1.08 bits per heavy atom. The zero-order valence-corrected chi connectivity index (χ0v) is 21.6. The van der Waals surface area contributed by atoms with Gasteiger partial charge in [-0.15, -0.1) is 0 Å². The third-order valence-corrected chi connectivity index (χ3v) is 7.11. The minimum absolute atomic E-state index is 0.0214. The van der Waals surface area contributed by atoms with Gasteiger partial charge < -0.3 is 24.2 Å². The standard InChI is InChI=1S/C29H36N4O3/c1-21-6-4-7-23-18-24(28(31(2)3)30-27(21)23)19-33(20-26-8-5-15-36-26)29(34)22-9-11-25(12-10-22)32-13-16-35-17-14-32/h4,6-7,9-12,18,26H,5,8,13-17,19-20H2,1-3H3. The van der Waals surface area contributed by atoms with Gasteiger partial charge in [0, 0.05) is 69.1 Å². The number of carbonyl (C=O) groups excluding carboxylic acids is 1. The van der Waals surface area contributed by atoms with Crippen LogP contribution in [0.4, 0.5) is 11.5 Å². The predicted octanol–water partition coefficient (Wildman–Crippen LogP) is 4.27. The summed E-state index contributed by atoms with van der Waals surface area (Å²) in [6.45, 7) is 7.13. The molecule has 1 amide bonds. The van der Waals surface area contributed by atoms with Gasteiger partial charge in [0.2, 0.25) is 0 Å². The van der Waals surface area contributed by atoms with Crippen molar-refractivity contribution in [1.82, 2.24) is 9.88 Å².